The maximum absolute atomic E-state index is 12.5. The molecule has 4 aromatic rings. The lowest BCUT2D eigenvalue weighted by atomic mass is 10.2. The number of carbonyl (C=O) groups excluding carboxylic acids is 1. The molecule has 0 aliphatic rings. The first-order valence-corrected chi connectivity index (χ1v) is 10.6. The quantitative estimate of drug-likeness (QED) is 0.379. The zero-order valence-electron chi connectivity index (χ0n) is 15.9. The van der Waals surface area contributed by atoms with Crippen LogP contribution in [0.25, 0.3) is 11.4 Å². The van der Waals surface area contributed by atoms with E-state index in [0.717, 1.165) is 15.5 Å². The first-order chi connectivity index (χ1) is 14.7. The molecule has 7 heteroatoms. The van der Waals surface area contributed by atoms with Gasteiger partial charge >= 0.3 is 0 Å². The highest BCUT2D eigenvalue weighted by molar-refractivity contribution is 7.99. The SMILES string of the molecule is O=C(CCc1nc(-c2ccccc2Cl)no1)Nc1ccccc1Sc1ccccc1. The summed E-state index contributed by atoms with van der Waals surface area (Å²) < 4.78 is 5.27. The number of nitrogens with zero attached hydrogens (tertiary/aromatic N) is 2. The standard InChI is InChI=1S/C23H18ClN3O2S/c24-18-11-5-4-10-17(18)23-26-22(29-27-23)15-14-21(28)25-19-12-6-7-13-20(19)30-16-8-2-1-3-9-16/h1-13H,14-15H2,(H,25,28). The van der Waals surface area contributed by atoms with Crippen LogP contribution >= 0.6 is 23.4 Å². The molecular weight excluding hydrogens is 418 g/mol. The Morgan fingerprint density at radius 1 is 0.967 bits per heavy atom. The van der Waals surface area contributed by atoms with Gasteiger partial charge in [-0.1, -0.05) is 71.0 Å². The molecule has 150 valence electrons. The van der Waals surface area contributed by atoms with Gasteiger partial charge in [-0.2, -0.15) is 4.98 Å². The van der Waals surface area contributed by atoms with Crippen molar-refractivity contribution < 1.29 is 9.32 Å². The third kappa shape index (κ3) is 5.09. The third-order valence-corrected chi connectivity index (χ3v) is 5.69. The van der Waals surface area contributed by atoms with Crippen molar-refractivity contribution in [2.75, 3.05) is 5.32 Å². The lowest BCUT2D eigenvalue weighted by Crippen LogP contribution is -2.13. The van der Waals surface area contributed by atoms with Crippen LogP contribution in [-0.2, 0) is 11.2 Å². The molecule has 3 aromatic carbocycles. The van der Waals surface area contributed by atoms with E-state index in [1.54, 1.807) is 17.8 Å². The molecule has 1 aromatic heterocycles. The highest BCUT2D eigenvalue weighted by Gasteiger charge is 2.14. The lowest BCUT2D eigenvalue weighted by Gasteiger charge is -2.10. The maximum atomic E-state index is 12.5. The highest BCUT2D eigenvalue weighted by Crippen LogP contribution is 2.33. The lowest BCUT2D eigenvalue weighted by molar-refractivity contribution is -0.116. The normalized spacial score (nSPS) is 10.7. The molecule has 0 fully saturated rings. The minimum Gasteiger partial charge on any atom is -0.339 e. The van der Waals surface area contributed by atoms with Crippen molar-refractivity contribution in [2.24, 2.45) is 0 Å². The number of amides is 1. The van der Waals surface area contributed by atoms with Gasteiger partial charge in [-0.15, -0.1) is 0 Å². The van der Waals surface area contributed by atoms with Gasteiger partial charge in [0.1, 0.15) is 0 Å². The van der Waals surface area contributed by atoms with E-state index >= 15 is 0 Å². The summed E-state index contributed by atoms with van der Waals surface area (Å²) in [5.74, 6) is 0.696. The van der Waals surface area contributed by atoms with Crippen molar-refractivity contribution in [1.82, 2.24) is 10.1 Å². The van der Waals surface area contributed by atoms with E-state index in [4.69, 9.17) is 16.1 Å². The first kappa shape index (κ1) is 20.2. The summed E-state index contributed by atoms with van der Waals surface area (Å²) >= 11 is 7.78. The van der Waals surface area contributed by atoms with Crippen LogP contribution in [0.2, 0.25) is 5.02 Å². The van der Waals surface area contributed by atoms with Crippen LogP contribution < -0.4 is 5.32 Å². The van der Waals surface area contributed by atoms with Crippen molar-refractivity contribution in [1.29, 1.82) is 0 Å². The van der Waals surface area contributed by atoms with E-state index in [-0.39, 0.29) is 12.3 Å². The van der Waals surface area contributed by atoms with Crippen LogP contribution in [-0.4, -0.2) is 16.0 Å². The summed E-state index contributed by atoms with van der Waals surface area (Å²) in [4.78, 5) is 18.9. The second-order valence-electron chi connectivity index (χ2n) is 6.45. The van der Waals surface area contributed by atoms with Crippen LogP contribution in [0.15, 0.2) is 93.2 Å². The van der Waals surface area contributed by atoms with Gasteiger partial charge in [0.15, 0.2) is 0 Å². The molecular formula is C23H18ClN3O2S. The molecule has 0 atom stereocenters. The number of benzene rings is 3. The van der Waals surface area contributed by atoms with Gasteiger partial charge in [-0.25, -0.2) is 0 Å². The summed E-state index contributed by atoms with van der Waals surface area (Å²) in [5.41, 5.74) is 1.48. The Bertz CT molecular complexity index is 1150. The van der Waals surface area contributed by atoms with Crippen molar-refractivity contribution in [2.45, 2.75) is 22.6 Å². The van der Waals surface area contributed by atoms with Gasteiger partial charge in [0.25, 0.3) is 0 Å². The average Bonchev–Trinajstić information content (AvgIpc) is 3.24. The Morgan fingerprint density at radius 3 is 2.53 bits per heavy atom. The van der Waals surface area contributed by atoms with Gasteiger partial charge in [0.2, 0.25) is 17.6 Å². The third-order valence-electron chi connectivity index (χ3n) is 4.28. The molecule has 0 aliphatic heterocycles. The fourth-order valence-electron chi connectivity index (χ4n) is 2.82. The molecule has 0 aliphatic carbocycles. The number of nitrogens with one attached hydrogen (secondary N) is 1. The largest absolute Gasteiger partial charge is 0.339 e. The van der Waals surface area contributed by atoms with Crippen molar-refractivity contribution in [3.05, 3.63) is 89.8 Å². The summed E-state index contributed by atoms with van der Waals surface area (Å²) in [6.45, 7) is 0. The van der Waals surface area contributed by atoms with Crippen molar-refractivity contribution >= 4 is 35.0 Å². The number of rotatable bonds is 7. The predicted molar refractivity (Wildman–Crippen MR) is 119 cm³/mol. The average molecular weight is 436 g/mol. The van der Waals surface area contributed by atoms with E-state index in [2.05, 4.69) is 15.5 Å². The van der Waals surface area contributed by atoms with E-state index < -0.39 is 0 Å². The molecule has 0 saturated carbocycles. The molecule has 0 bridgehead atoms. The second kappa shape index (κ2) is 9.61. The van der Waals surface area contributed by atoms with Crippen LogP contribution in [0.1, 0.15) is 12.3 Å². The molecule has 0 saturated heterocycles. The Morgan fingerprint density at radius 2 is 1.70 bits per heavy atom. The van der Waals surface area contributed by atoms with Gasteiger partial charge in [-0.3, -0.25) is 4.79 Å². The van der Waals surface area contributed by atoms with E-state index in [9.17, 15) is 4.79 Å². The van der Waals surface area contributed by atoms with Crippen molar-refractivity contribution in [3.8, 4) is 11.4 Å². The topological polar surface area (TPSA) is 68.0 Å². The van der Waals surface area contributed by atoms with E-state index in [0.29, 0.717) is 28.7 Å². The van der Waals surface area contributed by atoms with Crippen LogP contribution in [0, 0.1) is 0 Å². The molecule has 1 heterocycles. The minimum absolute atomic E-state index is 0.117. The first-order valence-electron chi connectivity index (χ1n) is 9.38. The summed E-state index contributed by atoms with van der Waals surface area (Å²) in [6.07, 6.45) is 0.575. The number of para-hydroxylation sites is 1. The van der Waals surface area contributed by atoms with Crippen molar-refractivity contribution in [3.63, 3.8) is 0 Å². The highest BCUT2D eigenvalue weighted by atomic mass is 35.5. The molecule has 30 heavy (non-hydrogen) atoms. The van der Waals surface area contributed by atoms with Gasteiger partial charge in [-0.05, 0) is 36.4 Å². The Kier molecular flexibility index (Phi) is 6.47. The molecule has 4 rings (SSSR count). The monoisotopic (exact) mass is 435 g/mol. The Hall–Kier alpha value is -3.09. The second-order valence-corrected chi connectivity index (χ2v) is 7.97. The molecule has 5 nitrogen and oxygen atoms in total. The Balaban J connectivity index is 1.38. The maximum Gasteiger partial charge on any atom is 0.227 e. The minimum atomic E-state index is -0.117. The van der Waals surface area contributed by atoms with Crippen LogP contribution in [0.3, 0.4) is 0 Å². The number of anilines is 1. The summed E-state index contributed by atoms with van der Waals surface area (Å²) in [6, 6.07) is 25.1. The number of aryl methyl sites for hydroxylation is 1. The van der Waals surface area contributed by atoms with E-state index in [1.807, 2.05) is 72.8 Å². The smallest absolute Gasteiger partial charge is 0.227 e. The molecule has 1 N–H and O–H groups in total. The molecule has 0 spiro atoms. The van der Waals surface area contributed by atoms with Gasteiger partial charge in [0, 0.05) is 28.2 Å². The van der Waals surface area contributed by atoms with Crippen LogP contribution in [0.4, 0.5) is 5.69 Å². The summed E-state index contributed by atoms with van der Waals surface area (Å²) in [5, 5.41) is 7.49. The fourth-order valence-corrected chi connectivity index (χ4v) is 3.96. The fraction of sp³-hybridized carbons (Fsp3) is 0.0870. The van der Waals surface area contributed by atoms with Gasteiger partial charge < -0.3 is 9.84 Å². The van der Waals surface area contributed by atoms with Gasteiger partial charge in [0.05, 0.1) is 10.7 Å². The molecule has 0 radical (unpaired) electrons. The molecule has 0 unspecified atom stereocenters. The Labute approximate surface area is 183 Å². The van der Waals surface area contributed by atoms with E-state index in [1.165, 1.54) is 0 Å². The summed E-state index contributed by atoms with van der Waals surface area (Å²) in [7, 11) is 0. The number of carbonyl (C=O) groups is 1. The number of halogens is 1. The number of aromatic nitrogens is 2. The zero-order chi connectivity index (χ0) is 20.8. The number of hydrogen-bond acceptors (Lipinski definition) is 5. The predicted octanol–water partition coefficient (Wildman–Crippen LogP) is 6.11. The number of hydrogen-bond donors (Lipinski definition) is 1. The molecule has 1 amide bonds. The van der Waals surface area contributed by atoms with Crippen LogP contribution in [0.5, 0.6) is 0 Å². The zero-order valence-corrected chi connectivity index (χ0v) is 17.5.